The van der Waals surface area contributed by atoms with Crippen LogP contribution in [0.5, 0.6) is 11.5 Å². The lowest BCUT2D eigenvalue weighted by Gasteiger charge is -2.11. The first-order valence-corrected chi connectivity index (χ1v) is 9.87. The monoisotopic (exact) mass is 414 g/mol. The summed E-state index contributed by atoms with van der Waals surface area (Å²) in [6, 6.07) is 5.83. The third-order valence-corrected chi connectivity index (χ3v) is 6.29. The fourth-order valence-corrected chi connectivity index (χ4v) is 4.54. The van der Waals surface area contributed by atoms with Gasteiger partial charge >= 0.3 is 0 Å². The van der Waals surface area contributed by atoms with Gasteiger partial charge in [0.2, 0.25) is 0 Å². The molecule has 6 nitrogen and oxygen atoms in total. The summed E-state index contributed by atoms with van der Waals surface area (Å²) in [5, 5.41) is 5.08. The quantitative estimate of drug-likeness (QED) is 0.487. The highest BCUT2D eigenvalue weighted by molar-refractivity contribution is 7.26. The van der Waals surface area contributed by atoms with Crippen LogP contribution in [0.2, 0.25) is 5.02 Å². The number of aryl methyl sites for hydroxylation is 2. The van der Waals surface area contributed by atoms with Crippen LogP contribution in [0, 0.1) is 13.8 Å². The third-order valence-electron chi connectivity index (χ3n) is 4.65. The molecule has 0 atom stereocenters. The van der Waals surface area contributed by atoms with Crippen molar-refractivity contribution in [3.05, 3.63) is 46.4 Å². The molecule has 8 heteroatoms. The molecule has 3 aromatic heterocycles. The van der Waals surface area contributed by atoms with E-state index in [-0.39, 0.29) is 0 Å². The van der Waals surface area contributed by atoms with Crippen molar-refractivity contribution in [2.75, 3.05) is 19.5 Å². The Balaban J connectivity index is 1.72. The predicted octanol–water partition coefficient (Wildman–Crippen LogP) is 5.14. The fourth-order valence-electron chi connectivity index (χ4n) is 3.20. The van der Waals surface area contributed by atoms with Crippen molar-refractivity contribution in [1.29, 1.82) is 0 Å². The number of ether oxygens (including phenoxy) is 2. The Hall–Kier alpha value is -2.64. The summed E-state index contributed by atoms with van der Waals surface area (Å²) in [6.07, 6.45) is 1.57. The maximum atomic E-state index is 6.41. The molecule has 3 heterocycles. The molecule has 0 fully saturated rings. The second-order valence-electron chi connectivity index (χ2n) is 6.36. The summed E-state index contributed by atoms with van der Waals surface area (Å²) < 4.78 is 11.6. The molecule has 144 valence electrons. The molecule has 0 amide bonds. The zero-order chi connectivity index (χ0) is 19.8. The summed E-state index contributed by atoms with van der Waals surface area (Å²) in [4.78, 5) is 14.5. The smallest absolute Gasteiger partial charge is 0.161 e. The van der Waals surface area contributed by atoms with Gasteiger partial charge < -0.3 is 14.8 Å². The van der Waals surface area contributed by atoms with E-state index in [1.807, 2.05) is 32.0 Å². The van der Waals surface area contributed by atoms with E-state index in [2.05, 4.69) is 20.3 Å². The van der Waals surface area contributed by atoms with Gasteiger partial charge in [0.1, 0.15) is 17.0 Å². The van der Waals surface area contributed by atoms with Crippen molar-refractivity contribution in [1.82, 2.24) is 15.0 Å². The molecule has 0 spiro atoms. The van der Waals surface area contributed by atoms with Crippen molar-refractivity contribution >= 4 is 49.2 Å². The van der Waals surface area contributed by atoms with Crippen molar-refractivity contribution in [2.24, 2.45) is 0 Å². The molecule has 0 aliphatic rings. The topological polar surface area (TPSA) is 69.2 Å². The van der Waals surface area contributed by atoms with E-state index >= 15 is 0 Å². The Bertz CT molecular complexity index is 1190. The molecule has 28 heavy (non-hydrogen) atoms. The molecule has 4 aromatic rings. The number of hydrogen-bond donors (Lipinski definition) is 1. The molecule has 0 aliphatic heterocycles. The number of benzene rings is 1. The van der Waals surface area contributed by atoms with E-state index in [1.54, 1.807) is 31.9 Å². The maximum Gasteiger partial charge on any atom is 0.161 e. The Kier molecular flexibility index (Phi) is 4.95. The van der Waals surface area contributed by atoms with E-state index in [1.165, 1.54) is 0 Å². The number of nitrogens with one attached hydrogen (secondary N) is 1. The summed E-state index contributed by atoms with van der Waals surface area (Å²) in [5.74, 6) is 2.17. The standard InChI is InChI=1S/C20H19ClN4O2S/c1-10-15-17-18(28-20(15)25-11(2)16(10)21)19(24-9-23-17)22-8-12-5-6-13(26-3)14(7-12)27-4/h5-7,9H,8H2,1-4H3,(H,22,23,24). The summed E-state index contributed by atoms with van der Waals surface area (Å²) in [6.45, 7) is 4.51. The van der Waals surface area contributed by atoms with E-state index in [0.717, 1.165) is 43.1 Å². The zero-order valence-corrected chi connectivity index (χ0v) is 17.5. The third kappa shape index (κ3) is 3.10. The molecular weight excluding hydrogens is 396 g/mol. The number of fused-ring (bicyclic) bond motifs is 3. The number of aromatic nitrogens is 3. The molecule has 1 aromatic carbocycles. The zero-order valence-electron chi connectivity index (χ0n) is 16.0. The SMILES string of the molecule is COc1ccc(CNc2ncnc3c2sc2nc(C)c(Cl)c(C)c23)cc1OC. The van der Waals surface area contributed by atoms with Crippen molar-refractivity contribution in [3.8, 4) is 11.5 Å². The number of rotatable bonds is 5. The number of hydrogen-bond acceptors (Lipinski definition) is 7. The van der Waals surface area contributed by atoms with Crippen LogP contribution in [0.25, 0.3) is 20.4 Å². The van der Waals surface area contributed by atoms with Crippen LogP contribution in [0.3, 0.4) is 0 Å². The molecule has 0 saturated carbocycles. The number of thiophene rings is 1. The highest BCUT2D eigenvalue weighted by Crippen LogP contribution is 2.39. The van der Waals surface area contributed by atoms with Crippen LogP contribution in [-0.2, 0) is 6.54 Å². The van der Waals surface area contributed by atoms with E-state index in [0.29, 0.717) is 23.1 Å². The Morgan fingerprint density at radius 2 is 1.89 bits per heavy atom. The van der Waals surface area contributed by atoms with Gasteiger partial charge in [-0.15, -0.1) is 11.3 Å². The van der Waals surface area contributed by atoms with Gasteiger partial charge in [0.25, 0.3) is 0 Å². The first kappa shape index (κ1) is 18.7. The summed E-state index contributed by atoms with van der Waals surface area (Å²) in [7, 11) is 3.25. The number of nitrogens with zero attached hydrogens (tertiary/aromatic N) is 3. The fraction of sp³-hybridized carbons (Fsp3) is 0.250. The maximum absolute atomic E-state index is 6.41. The van der Waals surface area contributed by atoms with Crippen LogP contribution < -0.4 is 14.8 Å². The minimum Gasteiger partial charge on any atom is -0.493 e. The van der Waals surface area contributed by atoms with E-state index in [9.17, 15) is 0 Å². The van der Waals surface area contributed by atoms with Crippen molar-refractivity contribution in [2.45, 2.75) is 20.4 Å². The average Bonchev–Trinajstić information content (AvgIpc) is 3.09. The van der Waals surface area contributed by atoms with Gasteiger partial charge in [0.15, 0.2) is 11.5 Å². The summed E-state index contributed by atoms with van der Waals surface area (Å²) >= 11 is 7.98. The van der Waals surface area contributed by atoms with Crippen LogP contribution in [-0.4, -0.2) is 29.2 Å². The average molecular weight is 415 g/mol. The van der Waals surface area contributed by atoms with Crippen LogP contribution in [0.1, 0.15) is 16.8 Å². The molecule has 0 aliphatic carbocycles. The van der Waals surface area contributed by atoms with Crippen LogP contribution in [0.4, 0.5) is 5.82 Å². The van der Waals surface area contributed by atoms with Gasteiger partial charge in [-0.25, -0.2) is 15.0 Å². The minimum absolute atomic E-state index is 0.590. The van der Waals surface area contributed by atoms with Gasteiger partial charge in [0.05, 0.1) is 35.2 Å². The van der Waals surface area contributed by atoms with Crippen LogP contribution >= 0.6 is 22.9 Å². The first-order chi connectivity index (χ1) is 13.5. The molecule has 0 radical (unpaired) electrons. The normalized spacial score (nSPS) is 11.2. The largest absolute Gasteiger partial charge is 0.493 e. The molecule has 0 bridgehead atoms. The molecule has 0 unspecified atom stereocenters. The number of methoxy groups -OCH3 is 2. The highest BCUT2D eigenvalue weighted by Gasteiger charge is 2.17. The van der Waals surface area contributed by atoms with Crippen LogP contribution in [0.15, 0.2) is 24.5 Å². The van der Waals surface area contributed by atoms with E-state index in [4.69, 9.17) is 21.1 Å². The lowest BCUT2D eigenvalue weighted by molar-refractivity contribution is 0.354. The number of anilines is 1. The molecular formula is C20H19ClN4O2S. The minimum atomic E-state index is 0.590. The lowest BCUT2D eigenvalue weighted by Crippen LogP contribution is -2.02. The number of halogens is 1. The van der Waals surface area contributed by atoms with Crippen molar-refractivity contribution in [3.63, 3.8) is 0 Å². The van der Waals surface area contributed by atoms with Gasteiger partial charge in [0, 0.05) is 11.9 Å². The van der Waals surface area contributed by atoms with Crippen molar-refractivity contribution < 1.29 is 9.47 Å². The predicted molar refractivity (Wildman–Crippen MR) is 114 cm³/mol. The molecule has 1 N–H and O–H groups in total. The summed E-state index contributed by atoms with van der Waals surface area (Å²) in [5.41, 5.74) is 3.75. The highest BCUT2D eigenvalue weighted by atomic mass is 35.5. The molecule has 4 rings (SSSR count). The second kappa shape index (κ2) is 7.41. The Labute approximate surface area is 171 Å². The first-order valence-electron chi connectivity index (χ1n) is 8.68. The van der Waals surface area contributed by atoms with Gasteiger partial charge in [-0.05, 0) is 37.1 Å². The number of pyridine rings is 1. The lowest BCUT2D eigenvalue weighted by atomic mass is 10.1. The van der Waals surface area contributed by atoms with Gasteiger partial charge in [-0.1, -0.05) is 17.7 Å². The van der Waals surface area contributed by atoms with Gasteiger partial charge in [-0.3, -0.25) is 0 Å². The van der Waals surface area contributed by atoms with Gasteiger partial charge in [-0.2, -0.15) is 0 Å². The Morgan fingerprint density at radius 1 is 1.11 bits per heavy atom. The Morgan fingerprint density at radius 3 is 2.64 bits per heavy atom. The van der Waals surface area contributed by atoms with E-state index < -0.39 is 0 Å². The molecule has 0 saturated heterocycles. The second-order valence-corrected chi connectivity index (χ2v) is 7.74.